The predicted molar refractivity (Wildman–Crippen MR) is 75.3 cm³/mol. The SMILES string of the molecule is Cc1cc(NCC(C)(C)CCCl)n2ncnc2c1. The fraction of sp³-hybridized carbons (Fsp3) is 0.538. The van der Waals surface area contributed by atoms with Gasteiger partial charge in [-0.15, -0.1) is 11.6 Å². The van der Waals surface area contributed by atoms with Crippen LogP contribution in [0.25, 0.3) is 5.65 Å². The van der Waals surface area contributed by atoms with Crippen molar-refractivity contribution in [1.82, 2.24) is 14.6 Å². The Balaban J connectivity index is 2.19. The molecular weight excluding hydrogens is 248 g/mol. The van der Waals surface area contributed by atoms with Crippen LogP contribution in [0, 0.1) is 12.3 Å². The maximum Gasteiger partial charge on any atom is 0.157 e. The summed E-state index contributed by atoms with van der Waals surface area (Å²) in [5.74, 6) is 1.66. The molecule has 0 saturated carbocycles. The second-order valence-corrected chi connectivity index (χ2v) is 5.78. The van der Waals surface area contributed by atoms with Gasteiger partial charge in [0.05, 0.1) is 0 Å². The number of pyridine rings is 1. The minimum absolute atomic E-state index is 0.165. The highest BCUT2D eigenvalue weighted by Gasteiger charge is 2.17. The number of anilines is 1. The van der Waals surface area contributed by atoms with Crippen LogP contribution in [0.4, 0.5) is 5.82 Å². The second-order valence-electron chi connectivity index (χ2n) is 5.40. The van der Waals surface area contributed by atoms with Crippen molar-refractivity contribution in [2.45, 2.75) is 27.2 Å². The molecule has 0 aromatic carbocycles. The highest BCUT2D eigenvalue weighted by molar-refractivity contribution is 6.17. The van der Waals surface area contributed by atoms with E-state index in [2.05, 4.69) is 42.2 Å². The van der Waals surface area contributed by atoms with Crippen molar-refractivity contribution in [2.75, 3.05) is 17.7 Å². The van der Waals surface area contributed by atoms with Crippen molar-refractivity contribution >= 4 is 23.1 Å². The fourth-order valence-corrected chi connectivity index (χ4v) is 2.37. The lowest BCUT2D eigenvalue weighted by Gasteiger charge is -2.24. The first-order valence-electron chi connectivity index (χ1n) is 6.12. The van der Waals surface area contributed by atoms with Crippen LogP contribution >= 0.6 is 11.6 Å². The number of hydrogen-bond acceptors (Lipinski definition) is 3. The van der Waals surface area contributed by atoms with Crippen LogP contribution in [0.2, 0.25) is 0 Å². The van der Waals surface area contributed by atoms with E-state index in [1.807, 2.05) is 10.6 Å². The largest absolute Gasteiger partial charge is 0.369 e. The van der Waals surface area contributed by atoms with Crippen LogP contribution in [-0.4, -0.2) is 27.0 Å². The number of fused-ring (bicyclic) bond motifs is 1. The lowest BCUT2D eigenvalue weighted by molar-refractivity contribution is 0.378. The number of rotatable bonds is 5. The van der Waals surface area contributed by atoms with E-state index in [1.54, 1.807) is 6.33 Å². The summed E-state index contributed by atoms with van der Waals surface area (Å²) in [4.78, 5) is 4.21. The minimum Gasteiger partial charge on any atom is -0.369 e. The molecule has 4 nitrogen and oxygen atoms in total. The first-order chi connectivity index (χ1) is 8.52. The molecule has 0 unspecified atom stereocenters. The maximum atomic E-state index is 5.82. The van der Waals surface area contributed by atoms with Crippen LogP contribution in [0.3, 0.4) is 0 Å². The summed E-state index contributed by atoms with van der Waals surface area (Å²) in [6, 6.07) is 4.10. The zero-order valence-electron chi connectivity index (χ0n) is 11.1. The van der Waals surface area contributed by atoms with Gasteiger partial charge in [0.1, 0.15) is 12.1 Å². The molecule has 0 radical (unpaired) electrons. The van der Waals surface area contributed by atoms with Crippen LogP contribution < -0.4 is 5.32 Å². The Bertz CT molecular complexity index is 533. The summed E-state index contributed by atoms with van der Waals surface area (Å²) in [6.07, 6.45) is 2.55. The monoisotopic (exact) mass is 266 g/mol. The van der Waals surface area contributed by atoms with Crippen molar-refractivity contribution in [3.05, 3.63) is 24.0 Å². The molecule has 0 saturated heterocycles. The number of aryl methyl sites for hydroxylation is 1. The van der Waals surface area contributed by atoms with Gasteiger partial charge < -0.3 is 5.32 Å². The molecule has 2 aromatic heterocycles. The normalized spacial score (nSPS) is 12.0. The molecule has 0 aliphatic rings. The summed E-state index contributed by atoms with van der Waals surface area (Å²) < 4.78 is 1.82. The molecule has 0 aliphatic carbocycles. The fourth-order valence-electron chi connectivity index (χ4n) is 1.86. The van der Waals surface area contributed by atoms with Crippen LogP contribution in [0.1, 0.15) is 25.8 Å². The zero-order chi connectivity index (χ0) is 13.2. The van der Waals surface area contributed by atoms with E-state index in [9.17, 15) is 0 Å². The minimum atomic E-state index is 0.165. The lowest BCUT2D eigenvalue weighted by atomic mass is 9.90. The molecule has 0 aliphatic heterocycles. The van der Waals surface area contributed by atoms with Gasteiger partial charge in [0.25, 0.3) is 0 Å². The number of alkyl halides is 1. The van der Waals surface area contributed by atoms with Gasteiger partial charge in [-0.1, -0.05) is 13.8 Å². The quantitative estimate of drug-likeness (QED) is 0.846. The maximum absolute atomic E-state index is 5.82. The molecule has 2 rings (SSSR count). The van der Waals surface area contributed by atoms with Gasteiger partial charge in [-0.25, -0.2) is 4.98 Å². The van der Waals surface area contributed by atoms with E-state index in [0.717, 1.165) is 24.4 Å². The van der Waals surface area contributed by atoms with Gasteiger partial charge >= 0.3 is 0 Å². The number of nitrogens with one attached hydrogen (secondary N) is 1. The molecule has 0 fully saturated rings. The van der Waals surface area contributed by atoms with Gasteiger partial charge in [-0.05, 0) is 36.5 Å². The third kappa shape index (κ3) is 2.93. The number of aromatic nitrogens is 3. The van der Waals surface area contributed by atoms with Gasteiger partial charge in [0.15, 0.2) is 5.65 Å². The second kappa shape index (κ2) is 5.14. The van der Waals surface area contributed by atoms with Crippen LogP contribution in [0.5, 0.6) is 0 Å². The Morgan fingerprint density at radius 2 is 2.17 bits per heavy atom. The molecule has 18 heavy (non-hydrogen) atoms. The van der Waals surface area contributed by atoms with Crippen LogP contribution in [-0.2, 0) is 0 Å². The Labute approximate surface area is 112 Å². The first kappa shape index (κ1) is 13.1. The van der Waals surface area contributed by atoms with Crippen molar-refractivity contribution in [2.24, 2.45) is 5.41 Å². The molecular formula is C13H19ClN4. The Morgan fingerprint density at radius 1 is 1.39 bits per heavy atom. The van der Waals surface area contributed by atoms with Crippen molar-refractivity contribution in [3.63, 3.8) is 0 Å². The highest BCUT2D eigenvalue weighted by Crippen LogP contribution is 2.22. The molecule has 5 heteroatoms. The van der Waals surface area contributed by atoms with Gasteiger partial charge in [0, 0.05) is 12.4 Å². The third-order valence-corrected chi connectivity index (χ3v) is 3.23. The van der Waals surface area contributed by atoms with Crippen molar-refractivity contribution in [3.8, 4) is 0 Å². The van der Waals surface area contributed by atoms with Crippen LogP contribution in [0.15, 0.2) is 18.5 Å². The summed E-state index contributed by atoms with van der Waals surface area (Å²) in [6.45, 7) is 7.33. The first-order valence-corrected chi connectivity index (χ1v) is 6.65. The molecule has 2 heterocycles. The third-order valence-electron chi connectivity index (χ3n) is 3.04. The lowest BCUT2D eigenvalue weighted by Crippen LogP contribution is -2.24. The van der Waals surface area contributed by atoms with Gasteiger partial charge in [0.2, 0.25) is 0 Å². The smallest absolute Gasteiger partial charge is 0.157 e. The summed E-state index contributed by atoms with van der Waals surface area (Å²) in [5.41, 5.74) is 2.21. The van der Waals surface area contributed by atoms with Gasteiger partial charge in [-0.3, -0.25) is 0 Å². The number of hydrogen-bond donors (Lipinski definition) is 1. The van der Waals surface area contributed by atoms with E-state index in [1.165, 1.54) is 5.56 Å². The molecule has 0 spiro atoms. The average molecular weight is 267 g/mol. The van der Waals surface area contributed by atoms with E-state index >= 15 is 0 Å². The summed E-state index contributed by atoms with van der Waals surface area (Å²) in [5, 5.41) is 7.66. The van der Waals surface area contributed by atoms with Crippen molar-refractivity contribution < 1.29 is 0 Å². The van der Waals surface area contributed by atoms with E-state index in [4.69, 9.17) is 11.6 Å². The zero-order valence-corrected chi connectivity index (χ0v) is 11.8. The van der Waals surface area contributed by atoms with Crippen molar-refractivity contribution in [1.29, 1.82) is 0 Å². The number of nitrogens with zero attached hydrogens (tertiary/aromatic N) is 3. The molecule has 2 aromatic rings. The topological polar surface area (TPSA) is 42.2 Å². The highest BCUT2D eigenvalue weighted by atomic mass is 35.5. The molecule has 0 atom stereocenters. The van der Waals surface area contributed by atoms with Gasteiger partial charge in [-0.2, -0.15) is 9.61 Å². The molecule has 0 bridgehead atoms. The average Bonchev–Trinajstić information content (AvgIpc) is 2.73. The van der Waals surface area contributed by atoms with E-state index in [-0.39, 0.29) is 5.41 Å². The van der Waals surface area contributed by atoms with E-state index in [0.29, 0.717) is 5.88 Å². The molecule has 1 N–H and O–H groups in total. The standard InChI is InChI=1S/C13H19ClN4/c1-10-6-11(15-8-13(2,3)4-5-14)18-12(7-10)16-9-17-18/h6-7,9,15H,4-5,8H2,1-3H3. The Hall–Kier alpha value is -1.29. The number of halogens is 1. The predicted octanol–water partition coefficient (Wildman–Crippen LogP) is 3.10. The summed E-state index contributed by atoms with van der Waals surface area (Å²) >= 11 is 5.82. The summed E-state index contributed by atoms with van der Waals surface area (Å²) in [7, 11) is 0. The molecule has 0 amide bonds. The Kier molecular flexibility index (Phi) is 3.76. The van der Waals surface area contributed by atoms with E-state index < -0.39 is 0 Å². The molecule has 98 valence electrons. The Morgan fingerprint density at radius 3 is 2.89 bits per heavy atom.